The maximum atomic E-state index is 13.4. The van der Waals surface area contributed by atoms with E-state index in [2.05, 4.69) is 46.8 Å². The Balaban J connectivity index is 1.07. The molecule has 5 N–H and O–H groups in total. The van der Waals surface area contributed by atoms with Crippen molar-refractivity contribution >= 4 is 5.97 Å². The minimum atomic E-state index is -1.46. The lowest BCUT2D eigenvalue weighted by molar-refractivity contribution is -0.314. The van der Waals surface area contributed by atoms with Crippen LogP contribution in [-0.2, 0) is 23.7 Å². The van der Waals surface area contributed by atoms with Crippen LogP contribution >= 0.6 is 0 Å². The van der Waals surface area contributed by atoms with E-state index in [-0.39, 0.29) is 58.8 Å². The molecule has 0 spiro atoms. The molecule has 5 fully saturated rings. The first-order valence-corrected chi connectivity index (χ1v) is 17.2. The third kappa shape index (κ3) is 4.68. The molecule has 10 heteroatoms. The molecule has 0 aromatic heterocycles. The normalized spacial score (nSPS) is 54.1. The number of hydrogen-bond donors (Lipinski definition) is 5. The first kappa shape index (κ1) is 32.2. The number of aliphatic hydroxyl groups is 5. The Morgan fingerprint density at radius 3 is 2.44 bits per heavy atom. The van der Waals surface area contributed by atoms with Gasteiger partial charge in [0.2, 0.25) is 0 Å². The zero-order valence-corrected chi connectivity index (χ0v) is 27.2. The second-order valence-electron chi connectivity index (χ2n) is 16.0. The average Bonchev–Trinajstić information content (AvgIpc) is 3.44. The molecule has 3 aliphatic heterocycles. The molecule has 7 aliphatic rings. The number of carbonyl (C=O) groups excluding carboxylic acids is 1. The standard InChI is InChI=1S/C35H52O10/c1-16(2)35(17(3)45-35)26-13-21(31(41)44-26)27-24(37)14-23-20-7-6-18-12-19(8-10-33(18,4)22(20)9-11-34(23,27)5)42-32-30(40)29(39)28(38)25(15-36)43-32/h7,9,16-19,21,23-30,32,36-40H,6,8,10-15H2,1-5H3. The Hall–Kier alpha value is -1.37. The highest BCUT2D eigenvalue weighted by Gasteiger charge is 2.68. The predicted molar refractivity (Wildman–Crippen MR) is 161 cm³/mol. The van der Waals surface area contributed by atoms with Crippen molar-refractivity contribution in [3.8, 4) is 0 Å². The predicted octanol–water partition coefficient (Wildman–Crippen LogP) is 2.39. The van der Waals surface area contributed by atoms with Crippen LogP contribution in [0.1, 0.15) is 79.6 Å². The lowest BCUT2D eigenvalue weighted by Crippen LogP contribution is -2.60. The second kappa shape index (κ2) is 11.1. The summed E-state index contributed by atoms with van der Waals surface area (Å²) in [7, 11) is 0. The Morgan fingerprint density at radius 1 is 1.04 bits per heavy atom. The summed E-state index contributed by atoms with van der Waals surface area (Å²) in [5.41, 5.74) is 1.96. The van der Waals surface area contributed by atoms with E-state index in [0.717, 1.165) is 32.1 Å². The van der Waals surface area contributed by atoms with Gasteiger partial charge in [-0.15, -0.1) is 0 Å². The zero-order chi connectivity index (χ0) is 32.2. The van der Waals surface area contributed by atoms with Gasteiger partial charge in [0.25, 0.3) is 0 Å². The summed E-state index contributed by atoms with van der Waals surface area (Å²) in [6.45, 7) is 10.4. The Kier molecular flexibility index (Phi) is 7.93. The van der Waals surface area contributed by atoms with Crippen LogP contribution < -0.4 is 0 Å². The van der Waals surface area contributed by atoms with Crippen molar-refractivity contribution in [3.63, 3.8) is 0 Å². The van der Waals surface area contributed by atoms with Crippen LogP contribution in [0.4, 0.5) is 0 Å². The highest BCUT2D eigenvalue weighted by atomic mass is 16.7. The molecule has 45 heavy (non-hydrogen) atoms. The van der Waals surface area contributed by atoms with Crippen molar-refractivity contribution in [1.82, 2.24) is 0 Å². The van der Waals surface area contributed by atoms with Gasteiger partial charge in [0.1, 0.15) is 36.1 Å². The summed E-state index contributed by atoms with van der Waals surface area (Å²) in [4.78, 5) is 13.4. The summed E-state index contributed by atoms with van der Waals surface area (Å²) in [5, 5.41) is 52.1. The first-order valence-electron chi connectivity index (χ1n) is 17.2. The monoisotopic (exact) mass is 632 g/mol. The molecule has 0 amide bonds. The van der Waals surface area contributed by atoms with Gasteiger partial charge in [-0.1, -0.05) is 39.8 Å². The van der Waals surface area contributed by atoms with Crippen LogP contribution in [0.3, 0.4) is 0 Å². The van der Waals surface area contributed by atoms with Crippen molar-refractivity contribution in [1.29, 1.82) is 0 Å². The van der Waals surface area contributed by atoms with Crippen LogP contribution in [0, 0.1) is 40.4 Å². The average molecular weight is 633 g/mol. The number of hydrogen-bond acceptors (Lipinski definition) is 10. The minimum Gasteiger partial charge on any atom is -0.459 e. The molecule has 7 rings (SSSR count). The number of esters is 1. The molecule has 252 valence electrons. The summed E-state index contributed by atoms with van der Waals surface area (Å²) < 4.78 is 23.9. The van der Waals surface area contributed by atoms with E-state index in [0.29, 0.717) is 18.8 Å². The number of aliphatic hydroxyl groups excluding tert-OH is 5. The fraction of sp³-hybridized carbons (Fsp3) is 0.857. The van der Waals surface area contributed by atoms with Crippen molar-refractivity contribution in [2.75, 3.05) is 6.61 Å². The second-order valence-corrected chi connectivity index (χ2v) is 16.0. The van der Waals surface area contributed by atoms with Gasteiger partial charge in [0, 0.05) is 12.3 Å². The fourth-order valence-electron chi connectivity index (χ4n) is 10.9. The van der Waals surface area contributed by atoms with Crippen LogP contribution in [0.25, 0.3) is 0 Å². The number of carbonyl (C=O) groups is 1. The van der Waals surface area contributed by atoms with Gasteiger partial charge in [-0.05, 0) is 85.2 Å². The Labute approximate surface area is 265 Å². The van der Waals surface area contributed by atoms with Crippen molar-refractivity contribution in [3.05, 3.63) is 23.3 Å². The Bertz CT molecular complexity index is 1250. The molecular weight excluding hydrogens is 580 g/mol. The fourth-order valence-corrected chi connectivity index (χ4v) is 10.9. The van der Waals surface area contributed by atoms with Crippen molar-refractivity contribution in [2.24, 2.45) is 40.4 Å². The van der Waals surface area contributed by atoms with Gasteiger partial charge in [-0.2, -0.15) is 0 Å². The molecule has 2 saturated carbocycles. The smallest absolute Gasteiger partial charge is 0.309 e. The highest BCUT2D eigenvalue weighted by molar-refractivity contribution is 5.76. The molecule has 3 saturated heterocycles. The Morgan fingerprint density at radius 2 is 1.78 bits per heavy atom. The summed E-state index contributed by atoms with van der Waals surface area (Å²) in [6, 6.07) is 0. The SMILES string of the molecule is CC(C)C1(C2CC(C3C(O)CC4C5=CCC6CC(OC7OC(CO)C(O)C(O)C7O)CCC6(C)C5=CCC43C)C(=O)O2)OC1C. The number of allylic oxidation sites excluding steroid dienone is 4. The number of rotatable bonds is 6. The maximum Gasteiger partial charge on any atom is 0.309 e. The largest absolute Gasteiger partial charge is 0.459 e. The van der Waals surface area contributed by atoms with E-state index in [1.165, 1.54) is 11.1 Å². The summed E-state index contributed by atoms with van der Waals surface area (Å²) >= 11 is 0. The third-order valence-electron chi connectivity index (χ3n) is 13.6. The molecule has 3 heterocycles. The molecule has 0 aromatic carbocycles. The lowest BCUT2D eigenvalue weighted by Gasteiger charge is -2.54. The van der Waals surface area contributed by atoms with Gasteiger partial charge >= 0.3 is 5.97 Å². The van der Waals surface area contributed by atoms with Gasteiger partial charge < -0.3 is 44.5 Å². The number of ether oxygens (including phenoxy) is 4. The van der Waals surface area contributed by atoms with Crippen LogP contribution in [-0.4, -0.2) is 98.8 Å². The summed E-state index contributed by atoms with van der Waals surface area (Å²) in [5.74, 6) is 0.00151. The maximum absolute atomic E-state index is 13.4. The zero-order valence-electron chi connectivity index (χ0n) is 27.2. The van der Waals surface area contributed by atoms with Crippen molar-refractivity contribution in [2.45, 2.75) is 140 Å². The highest BCUT2D eigenvalue weighted by Crippen LogP contribution is 2.66. The van der Waals surface area contributed by atoms with E-state index < -0.39 is 49.0 Å². The quantitative estimate of drug-likeness (QED) is 0.218. The molecule has 0 radical (unpaired) electrons. The van der Waals surface area contributed by atoms with E-state index in [9.17, 15) is 30.3 Å². The molecule has 4 aliphatic carbocycles. The van der Waals surface area contributed by atoms with Gasteiger partial charge in [-0.25, -0.2) is 0 Å². The number of cyclic esters (lactones) is 1. The molecule has 10 nitrogen and oxygen atoms in total. The van der Waals surface area contributed by atoms with E-state index >= 15 is 0 Å². The molecule has 0 bridgehead atoms. The molecule has 16 atom stereocenters. The molecular formula is C35H52O10. The minimum absolute atomic E-state index is 0.0600. The van der Waals surface area contributed by atoms with Crippen molar-refractivity contribution < 1.29 is 49.3 Å². The number of epoxide rings is 1. The van der Waals surface area contributed by atoms with Crippen LogP contribution in [0.2, 0.25) is 0 Å². The third-order valence-corrected chi connectivity index (χ3v) is 13.6. The molecule has 0 aromatic rings. The van der Waals surface area contributed by atoms with E-state index in [4.69, 9.17) is 18.9 Å². The van der Waals surface area contributed by atoms with E-state index in [1.54, 1.807) is 0 Å². The van der Waals surface area contributed by atoms with Gasteiger partial charge in [-0.3, -0.25) is 4.79 Å². The topological polar surface area (TPSA) is 158 Å². The van der Waals surface area contributed by atoms with E-state index in [1.807, 2.05) is 0 Å². The van der Waals surface area contributed by atoms with Crippen LogP contribution in [0.15, 0.2) is 23.3 Å². The van der Waals surface area contributed by atoms with Gasteiger partial charge in [0.15, 0.2) is 6.29 Å². The summed E-state index contributed by atoms with van der Waals surface area (Å²) in [6.07, 6.45) is 2.65. The van der Waals surface area contributed by atoms with Gasteiger partial charge in [0.05, 0.1) is 30.8 Å². The van der Waals surface area contributed by atoms with Crippen LogP contribution in [0.5, 0.6) is 0 Å². The first-order chi connectivity index (χ1) is 21.3. The molecule has 16 unspecified atom stereocenters. The lowest BCUT2D eigenvalue weighted by atomic mass is 9.51. The number of fused-ring (bicyclic) bond motifs is 5.